The molecular weight excluding hydrogens is 462 g/mol. The predicted octanol–water partition coefficient (Wildman–Crippen LogP) is 3.52. The summed E-state index contributed by atoms with van der Waals surface area (Å²) in [5.74, 6) is 0.879. The van der Waals surface area contributed by atoms with E-state index in [1.54, 1.807) is 4.90 Å². The molecule has 1 aromatic carbocycles. The van der Waals surface area contributed by atoms with Crippen LogP contribution in [0.15, 0.2) is 18.2 Å². The summed E-state index contributed by atoms with van der Waals surface area (Å²) in [6.07, 6.45) is -0.204. The summed E-state index contributed by atoms with van der Waals surface area (Å²) in [5.41, 5.74) is 2.31. The second kappa shape index (κ2) is 11.8. The number of hydrogen-bond donors (Lipinski definition) is 2. The third kappa shape index (κ3) is 5.53. The van der Waals surface area contributed by atoms with Gasteiger partial charge in [0.2, 0.25) is 0 Å². The number of carboxylic acid groups (broad SMARTS) is 1. The first-order valence-electron chi connectivity index (χ1n) is 13.2. The molecular formula is C26H41N3O5Si. The number of rotatable bonds is 10. The Hall–Kier alpha value is -2.07. The number of nitrogens with one attached hydrogen (secondary N) is 1. The molecule has 0 radical (unpaired) electrons. The zero-order chi connectivity index (χ0) is 24.8. The van der Waals surface area contributed by atoms with Gasteiger partial charge in [-0.1, -0.05) is 51.0 Å². The first kappa shape index (κ1) is 26.0. The summed E-state index contributed by atoms with van der Waals surface area (Å²) in [4.78, 5) is 19.7. The summed E-state index contributed by atoms with van der Waals surface area (Å²) < 4.78 is 17.5. The van der Waals surface area contributed by atoms with Gasteiger partial charge in [0.15, 0.2) is 0 Å². The fourth-order valence-corrected chi connectivity index (χ4v) is 9.56. The molecule has 1 aromatic heterocycles. The molecule has 2 fully saturated rings. The fourth-order valence-electron chi connectivity index (χ4n) is 5.73. The molecule has 3 heterocycles. The van der Waals surface area contributed by atoms with Crippen LogP contribution in [0, 0.1) is 0 Å². The van der Waals surface area contributed by atoms with Crippen molar-refractivity contribution in [3.63, 3.8) is 0 Å². The largest absolute Gasteiger partial charge is 0.490 e. The molecule has 2 saturated heterocycles. The van der Waals surface area contributed by atoms with Gasteiger partial charge >= 0.3 is 6.09 Å². The number of benzene rings is 1. The van der Waals surface area contributed by atoms with Crippen LogP contribution in [-0.2, 0) is 15.9 Å². The van der Waals surface area contributed by atoms with Gasteiger partial charge in [-0.2, -0.15) is 0 Å². The highest BCUT2D eigenvalue weighted by molar-refractivity contribution is 6.91. The highest BCUT2D eigenvalue weighted by Crippen LogP contribution is 2.32. The highest BCUT2D eigenvalue weighted by atomic mass is 28.3. The van der Waals surface area contributed by atoms with Crippen LogP contribution in [0.2, 0.25) is 18.1 Å². The molecule has 0 unspecified atom stereocenters. The topological polar surface area (TPSA) is 87.3 Å². The van der Waals surface area contributed by atoms with E-state index in [4.69, 9.17) is 14.2 Å². The molecule has 9 heteroatoms. The molecule has 0 spiro atoms. The Bertz CT molecular complexity index is 979. The predicted molar refractivity (Wildman–Crippen MR) is 141 cm³/mol. The van der Waals surface area contributed by atoms with E-state index in [1.165, 1.54) is 10.9 Å². The second-order valence-corrected chi connectivity index (χ2v) is 14.9. The Kier molecular flexibility index (Phi) is 8.75. The molecule has 4 rings (SSSR count). The summed E-state index contributed by atoms with van der Waals surface area (Å²) >= 11 is 0. The second-order valence-electron chi connectivity index (χ2n) is 9.71. The number of morpholine rings is 2. The van der Waals surface area contributed by atoms with Crippen molar-refractivity contribution < 1.29 is 24.1 Å². The van der Waals surface area contributed by atoms with Gasteiger partial charge in [0.25, 0.3) is 0 Å². The summed E-state index contributed by atoms with van der Waals surface area (Å²) in [5, 5.41) is 12.3. The van der Waals surface area contributed by atoms with E-state index in [2.05, 4.69) is 42.8 Å². The van der Waals surface area contributed by atoms with Crippen molar-refractivity contribution in [1.82, 2.24) is 14.8 Å². The summed E-state index contributed by atoms with van der Waals surface area (Å²) in [6, 6.07) is 9.54. The average molecular weight is 504 g/mol. The molecule has 2 N–H and O–H groups in total. The van der Waals surface area contributed by atoms with Crippen molar-refractivity contribution in [2.24, 2.45) is 0 Å². The van der Waals surface area contributed by atoms with Crippen LogP contribution in [-0.4, -0.2) is 99.3 Å². The molecule has 2 aromatic rings. The van der Waals surface area contributed by atoms with E-state index < -0.39 is 14.2 Å². The third-order valence-electron chi connectivity index (χ3n) is 8.15. The molecule has 0 aliphatic carbocycles. The number of ether oxygens (including phenoxy) is 3. The van der Waals surface area contributed by atoms with Crippen LogP contribution in [0.1, 0.15) is 26.3 Å². The zero-order valence-corrected chi connectivity index (χ0v) is 22.5. The van der Waals surface area contributed by atoms with Gasteiger partial charge in [0, 0.05) is 36.9 Å². The van der Waals surface area contributed by atoms with E-state index in [0.717, 1.165) is 67.6 Å². The van der Waals surface area contributed by atoms with E-state index in [0.29, 0.717) is 32.8 Å². The average Bonchev–Trinajstić information content (AvgIpc) is 3.26. The van der Waals surface area contributed by atoms with Gasteiger partial charge in [0.05, 0.1) is 38.0 Å². The lowest BCUT2D eigenvalue weighted by atomic mass is 10.0. The Morgan fingerprint density at radius 2 is 1.83 bits per heavy atom. The maximum atomic E-state index is 11.9. The first-order valence-corrected chi connectivity index (χ1v) is 15.8. The van der Waals surface area contributed by atoms with Crippen LogP contribution >= 0.6 is 0 Å². The molecule has 0 bridgehead atoms. The molecule has 1 atom stereocenters. The molecule has 0 saturated carbocycles. The van der Waals surface area contributed by atoms with Gasteiger partial charge in [-0.05, 0) is 18.1 Å². The van der Waals surface area contributed by atoms with E-state index in [9.17, 15) is 9.90 Å². The van der Waals surface area contributed by atoms with E-state index in [-0.39, 0.29) is 6.04 Å². The number of fused-ring (bicyclic) bond motifs is 1. The maximum Gasteiger partial charge on any atom is 0.407 e. The SMILES string of the molecule is CC[Si](CC)(CC)c1[nH]c2c(OCCN3CCOCC3)cccc2c1C[C@H]1COCCN1C(=O)O. The lowest BCUT2D eigenvalue weighted by molar-refractivity contribution is 0.000440. The lowest BCUT2D eigenvalue weighted by Crippen LogP contribution is -2.52. The minimum absolute atomic E-state index is 0.179. The van der Waals surface area contributed by atoms with Crippen LogP contribution in [0.4, 0.5) is 4.79 Å². The molecule has 194 valence electrons. The number of hydrogen-bond acceptors (Lipinski definition) is 5. The number of H-pyrrole nitrogens is 1. The number of aromatic amines is 1. The third-order valence-corrected chi connectivity index (χ3v) is 13.7. The Morgan fingerprint density at radius 3 is 2.51 bits per heavy atom. The normalized spacial score (nSPS) is 19.9. The van der Waals surface area contributed by atoms with Crippen molar-refractivity contribution >= 4 is 30.4 Å². The monoisotopic (exact) mass is 503 g/mol. The number of carbonyl (C=O) groups is 1. The summed E-state index contributed by atoms with van der Waals surface area (Å²) in [7, 11) is -1.78. The number of para-hydroxylation sites is 1. The highest BCUT2D eigenvalue weighted by Gasteiger charge is 2.37. The van der Waals surface area contributed by atoms with Crippen LogP contribution in [0.25, 0.3) is 10.9 Å². The fraction of sp³-hybridized carbons (Fsp3) is 0.654. The first-order chi connectivity index (χ1) is 17.0. The van der Waals surface area contributed by atoms with Crippen LogP contribution in [0.5, 0.6) is 5.75 Å². The molecule has 2 aliphatic rings. The molecule has 8 nitrogen and oxygen atoms in total. The van der Waals surface area contributed by atoms with Gasteiger partial charge in [-0.15, -0.1) is 0 Å². The molecule has 2 aliphatic heterocycles. The van der Waals surface area contributed by atoms with Crippen molar-refractivity contribution in [2.75, 3.05) is 59.2 Å². The zero-order valence-electron chi connectivity index (χ0n) is 21.5. The van der Waals surface area contributed by atoms with Gasteiger partial charge in [-0.25, -0.2) is 4.79 Å². The number of aromatic nitrogens is 1. The molecule has 35 heavy (non-hydrogen) atoms. The van der Waals surface area contributed by atoms with Crippen molar-refractivity contribution in [3.05, 3.63) is 23.8 Å². The van der Waals surface area contributed by atoms with Crippen LogP contribution in [0.3, 0.4) is 0 Å². The summed E-state index contributed by atoms with van der Waals surface area (Å²) in [6.45, 7) is 13.2. The Morgan fingerprint density at radius 1 is 1.11 bits per heavy atom. The van der Waals surface area contributed by atoms with Crippen molar-refractivity contribution in [3.8, 4) is 5.75 Å². The minimum Gasteiger partial charge on any atom is -0.490 e. The Balaban J connectivity index is 1.68. The van der Waals surface area contributed by atoms with Crippen LogP contribution < -0.4 is 10.1 Å². The maximum absolute atomic E-state index is 11.9. The van der Waals surface area contributed by atoms with E-state index in [1.807, 2.05) is 6.07 Å². The standard InChI is InChI=1S/C26H41N3O5Si/c1-4-35(5-2,6-3)25-22(18-20-19-33-16-13-29(20)26(30)31)21-8-7-9-23(24(21)27-25)34-17-12-28-10-14-32-15-11-28/h7-9,20,27H,4-6,10-19H2,1-3H3,(H,30,31)/t20-/m0/s1. The smallest absolute Gasteiger partial charge is 0.407 e. The number of nitrogens with zero attached hydrogens (tertiary/aromatic N) is 2. The lowest BCUT2D eigenvalue weighted by Gasteiger charge is -2.35. The van der Waals surface area contributed by atoms with Gasteiger partial charge in [0.1, 0.15) is 20.4 Å². The van der Waals surface area contributed by atoms with Crippen molar-refractivity contribution in [2.45, 2.75) is 51.4 Å². The molecule has 1 amide bonds. The quantitative estimate of drug-likeness (QED) is 0.483. The van der Waals surface area contributed by atoms with Gasteiger partial charge in [-0.3, -0.25) is 4.90 Å². The van der Waals surface area contributed by atoms with Gasteiger partial charge < -0.3 is 29.2 Å². The number of amides is 1. The minimum atomic E-state index is -1.78. The Labute approximate surface area is 209 Å². The van der Waals surface area contributed by atoms with Crippen molar-refractivity contribution in [1.29, 1.82) is 0 Å². The van der Waals surface area contributed by atoms with E-state index >= 15 is 0 Å².